The number of hydrogen-bond donors (Lipinski definition) is 2. The Morgan fingerprint density at radius 3 is 2.20 bits per heavy atom. The third-order valence-corrected chi connectivity index (χ3v) is 0.631. The predicted molar refractivity (Wildman–Crippen MR) is 36.8 cm³/mol. The Labute approximate surface area is 82.6 Å². The van der Waals surface area contributed by atoms with Crippen molar-refractivity contribution >= 4 is 0 Å². The Bertz CT molecular complexity index is 51.8. The first kappa shape index (κ1) is 16.7. The molecular formula is C4H12N3NaO2. The van der Waals surface area contributed by atoms with Gasteiger partial charge in [0.05, 0.1) is 0 Å². The molecule has 0 unspecified atom stereocenters. The molecule has 6 heteroatoms. The van der Waals surface area contributed by atoms with Gasteiger partial charge in [-0.2, -0.15) is 0 Å². The standard InChI is InChI=1S/C4H12N2.HNO2.Na/c1-6-4-2-3-5;2-1-3;/h6H,2-5H2,1H3;(H,2,3);/q;;+1/p-1. The van der Waals surface area contributed by atoms with Crippen molar-refractivity contribution in [2.45, 2.75) is 6.42 Å². The van der Waals surface area contributed by atoms with Gasteiger partial charge >= 0.3 is 29.6 Å². The van der Waals surface area contributed by atoms with Gasteiger partial charge in [0, 0.05) is 0 Å². The Morgan fingerprint density at radius 2 is 2.10 bits per heavy atom. The van der Waals surface area contributed by atoms with E-state index in [4.69, 9.17) is 15.8 Å². The van der Waals surface area contributed by atoms with E-state index in [9.17, 15) is 0 Å². The molecule has 0 spiro atoms. The SMILES string of the molecule is CNCCCN.O=N[O-].[Na+]. The number of nitrogens with two attached hydrogens (primary N) is 1. The third kappa shape index (κ3) is 40.4. The molecule has 0 aliphatic carbocycles. The minimum Gasteiger partial charge on any atom is -0.444 e. The zero-order chi connectivity index (χ0) is 7.54. The molecule has 0 fully saturated rings. The van der Waals surface area contributed by atoms with Crippen molar-refractivity contribution in [3.05, 3.63) is 10.1 Å². The molecule has 0 bridgehead atoms. The van der Waals surface area contributed by atoms with Crippen LogP contribution in [0.2, 0.25) is 0 Å². The Hall–Kier alpha value is 0.320. The molecule has 5 nitrogen and oxygen atoms in total. The normalized spacial score (nSPS) is 6.60. The van der Waals surface area contributed by atoms with Crippen LogP contribution in [0.3, 0.4) is 0 Å². The topological polar surface area (TPSA) is 90.5 Å². The van der Waals surface area contributed by atoms with Crippen molar-refractivity contribution in [1.82, 2.24) is 5.32 Å². The quantitative estimate of drug-likeness (QED) is 0.195. The van der Waals surface area contributed by atoms with Crippen LogP contribution >= 0.6 is 0 Å². The molecule has 0 aliphatic heterocycles. The van der Waals surface area contributed by atoms with Gasteiger partial charge in [-0.1, -0.05) is 0 Å². The fourth-order valence-corrected chi connectivity index (χ4v) is 0.279. The maximum absolute atomic E-state index is 8.00. The van der Waals surface area contributed by atoms with Crippen LogP contribution in [-0.4, -0.2) is 20.1 Å². The fourth-order valence-electron chi connectivity index (χ4n) is 0.279. The molecule has 0 rings (SSSR count). The molecule has 0 radical (unpaired) electrons. The minimum absolute atomic E-state index is 0. The predicted octanol–water partition coefficient (Wildman–Crippen LogP) is -3.19. The molecule has 0 saturated carbocycles. The van der Waals surface area contributed by atoms with E-state index in [1.165, 1.54) is 0 Å². The number of rotatable bonds is 3. The van der Waals surface area contributed by atoms with E-state index in [1.54, 1.807) is 0 Å². The second-order valence-electron chi connectivity index (χ2n) is 1.32. The Balaban J connectivity index is -0.000000107. The molecule has 0 aromatic carbocycles. The molecular weight excluding hydrogens is 145 g/mol. The molecule has 0 aromatic rings. The van der Waals surface area contributed by atoms with Crippen molar-refractivity contribution in [2.24, 2.45) is 11.1 Å². The fraction of sp³-hybridized carbons (Fsp3) is 1.00. The maximum atomic E-state index is 8.00. The number of nitrogens with one attached hydrogen (secondary N) is 1. The summed E-state index contributed by atoms with van der Waals surface area (Å²) < 4.78 is 0. The first-order chi connectivity index (χ1) is 4.33. The number of nitrogens with zero attached hydrogens (tertiary/aromatic N) is 1. The second-order valence-corrected chi connectivity index (χ2v) is 1.32. The Kier molecular flexibility index (Phi) is 38.1. The summed E-state index contributed by atoms with van der Waals surface area (Å²) in [6.45, 7) is 1.83. The number of hydrogen-bond acceptors (Lipinski definition) is 5. The van der Waals surface area contributed by atoms with E-state index in [-0.39, 0.29) is 29.6 Å². The second kappa shape index (κ2) is 22.8. The first-order valence-corrected chi connectivity index (χ1v) is 2.63. The summed E-state index contributed by atoms with van der Waals surface area (Å²) in [6.07, 6.45) is 1.08. The third-order valence-electron chi connectivity index (χ3n) is 0.631. The molecule has 0 amide bonds. The van der Waals surface area contributed by atoms with Gasteiger partial charge < -0.3 is 21.2 Å². The molecule has 56 valence electrons. The molecule has 0 atom stereocenters. The van der Waals surface area contributed by atoms with Gasteiger partial charge in [0.1, 0.15) is 0 Å². The first-order valence-electron chi connectivity index (χ1n) is 2.63. The van der Waals surface area contributed by atoms with Gasteiger partial charge in [0.25, 0.3) is 0 Å². The maximum Gasteiger partial charge on any atom is 1.00 e. The minimum atomic E-state index is 0. The van der Waals surface area contributed by atoms with Gasteiger partial charge in [0.2, 0.25) is 0 Å². The Morgan fingerprint density at radius 1 is 1.70 bits per heavy atom. The van der Waals surface area contributed by atoms with Crippen LogP contribution in [0.25, 0.3) is 0 Å². The van der Waals surface area contributed by atoms with Crippen LogP contribution < -0.4 is 40.6 Å². The van der Waals surface area contributed by atoms with Gasteiger partial charge in [-0.05, 0) is 26.6 Å². The van der Waals surface area contributed by atoms with Crippen LogP contribution in [-0.2, 0) is 0 Å². The molecule has 0 saturated heterocycles. The van der Waals surface area contributed by atoms with Crippen LogP contribution in [0.5, 0.6) is 0 Å². The van der Waals surface area contributed by atoms with Crippen LogP contribution in [0.15, 0.2) is 5.34 Å². The van der Waals surface area contributed by atoms with Crippen LogP contribution in [0.4, 0.5) is 0 Å². The van der Waals surface area contributed by atoms with Gasteiger partial charge in [-0.15, -0.1) is 5.34 Å². The average Bonchev–Trinajstić information content (AvgIpc) is 1.86. The van der Waals surface area contributed by atoms with E-state index in [2.05, 4.69) is 5.32 Å². The molecule has 0 heterocycles. The molecule has 3 N–H and O–H groups in total. The molecule has 0 aromatic heterocycles. The summed E-state index contributed by atoms with van der Waals surface area (Å²) >= 11 is 0. The summed E-state index contributed by atoms with van der Waals surface area (Å²) in [5.41, 5.74) is 5.17. The van der Waals surface area contributed by atoms with Crippen molar-refractivity contribution in [2.75, 3.05) is 20.1 Å². The summed E-state index contributed by atoms with van der Waals surface area (Å²) in [5.74, 6) is 0. The van der Waals surface area contributed by atoms with Crippen molar-refractivity contribution in [1.29, 1.82) is 0 Å². The van der Waals surface area contributed by atoms with Gasteiger partial charge in [-0.25, -0.2) is 0 Å². The monoisotopic (exact) mass is 157 g/mol. The van der Waals surface area contributed by atoms with Crippen molar-refractivity contribution in [3.63, 3.8) is 0 Å². The van der Waals surface area contributed by atoms with E-state index < -0.39 is 0 Å². The van der Waals surface area contributed by atoms with Crippen LogP contribution in [0.1, 0.15) is 6.42 Å². The molecule has 0 aliphatic rings. The molecule has 10 heavy (non-hydrogen) atoms. The van der Waals surface area contributed by atoms with Crippen LogP contribution in [0, 0.1) is 10.1 Å². The van der Waals surface area contributed by atoms with E-state index >= 15 is 0 Å². The summed E-state index contributed by atoms with van der Waals surface area (Å²) in [5, 5.41) is 12.0. The van der Waals surface area contributed by atoms with Gasteiger partial charge in [-0.3, -0.25) is 0 Å². The van der Waals surface area contributed by atoms with E-state index in [0.29, 0.717) is 0 Å². The van der Waals surface area contributed by atoms with Crippen molar-refractivity contribution in [3.8, 4) is 0 Å². The summed E-state index contributed by atoms with van der Waals surface area (Å²) in [7, 11) is 1.93. The smallest absolute Gasteiger partial charge is 0.444 e. The summed E-state index contributed by atoms with van der Waals surface area (Å²) in [4.78, 5) is 8.00. The van der Waals surface area contributed by atoms with Gasteiger partial charge in [0.15, 0.2) is 0 Å². The zero-order valence-electron chi connectivity index (χ0n) is 6.46. The zero-order valence-corrected chi connectivity index (χ0v) is 8.46. The van der Waals surface area contributed by atoms with E-state index in [0.717, 1.165) is 24.9 Å². The van der Waals surface area contributed by atoms with Crippen molar-refractivity contribution < 1.29 is 29.6 Å². The summed E-state index contributed by atoms with van der Waals surface area (Å²) in [6, 6.07) is 0. The van der Waals surface area contributed by atoms with E-state index in [1.807, 2.05) is 7.05 Å². The largest absolute Gasteiger partial charge is 1.00 e. The average molecular weight is 157 g/mol.